The first-order valence-corrected chi connectivity index (χ1v) is 8.30. The minimum absolute atomic E-state index is 0.0429. The zero-order valence-electron chi connectivity index (χ0n) is 14.9. The summed E-state index contributed by atoms with van der Waals surface area (Å²) in [5, 5.41) is 1.93. The number of carbonyl (C=O) groups is 3. The Morgan fingerprint density at radius 2 is 1.42 bits per heavy atom. The highest BCUT2D eigenvalue weighted by Crippen LogP contribution is 2.26. The minimum atomic E-state index is -0.759. The standard InChI is InChI=1S/C20H20N2O4/c1-20(2,3)26-19(25)21(13-14-9-5-4-6-10-14)22-17(23)15-11-7-8-12-16(15)18(22)24/h4-12H,13H2,1-3H3. The molecule has 0 radical (unpaired) electrons. The largest absolute Gasteiger partial charge is 0.442 e. The molecule has 1 heterocycles. The Morgan fingerprint density at radius 1 is 0.923 bits per heavy atom. The number of fused-ring (bicyclic) bond motifs is 1. The number of hydrogen-bond acceptors (Lipinski definition) is 4. The number of nitrogens with zero attached hydrogens (tertiary/aromatic N) is 2. The van der Waals surface area contributed by atoms with Crippen molar-refractivity contribution in [3.63, 3.8) is 0 Å². The molecule has 1 aliphatic heterocycles. The molecule has 0 N–H and O–H groups in total. The lowest BCUT2D eigenvalue weighted by molar-refractivity contribution is -0.0319. The van der Waals surface area contributed by atoms with Crippen molar-refractivity contribution < 1.29 is 19.1 Å². The van der Waals surface area contributed by atoms with Crippen LogP contribution < -0.4 is 0 Å². The summed E-state index contributed by atoms with van der Waals surface area (Å²) in [6.45, 7) is 5.23. The smallest absolute Gasteiger partial charge is 0.430 e. The van der Waals surface area contributed by atoms with E-state index in [1.807, 2.05) is 30.3 Å². The van der Waals surface area contributed by atoms with Crippen LogP contribution in [0.1, 0.15) is 47.1 Å². The van der Waals surface area contributed by atoms with Crippen LogP contribution in [0, 0.1) is 0 Å². The summed E-state index contributed by atoms with van der Waals surface area (Å²) in [6.07, 6.45) is -0.754. The topological polar surface area (TPSA) is 66.9 Å². The van der Waals surface area contributed by atoms with Crippen LogP contribution in [0.25, 0.3) is 0 Å². The van der Waals surface area contributed by atoms with Crippen LogP contribution in [0.4, 0.5) is 4.79 Å². The van der Waals surface area contributed by atoms with Gasteiger partial charge in [0.2, 0.25) is 0 Å². The second-order valence-corrected chi connectivity index (χ2v) is 6.99. The summed E-state index contributed by atoms with van der Waals surface area (Å²) in [5.74, 6) is -1.07. The number of ether oxygens (including phenoxy) is 1. The van der Waals surface area contributed by atoms with Crippen molar-refractivity contribution in [2.45, 2.75) is 32.9 Å². The Kier molecular flexibility index (Phi) is 4.50. The Bertz CT molecular complexity index is 821. The number of carbonyl (C=O) groups excluding carboxylic acids is 3. The first-order chi connectivity index (χ1) is 12.3. The van der Waals surface area contributed by atoms with Gasteiger partial charge >= 0.3 is 6.09 Å². The van der Waals surface area contributed by atoms with Gasteiger partial charge in [-0.1, -0.05) is 42.5 Å². The fourth-order valence-corrected chi connectivity index (χ4v) is 2.68. The van der Waals surface area contributed by atoms with Crippen LogP contribution in [-0.4, -0.2) is 33.5 Å². The normalized spacial score (nSPS) is 13.6. The van der Waals surface area contributed by atoms with Gasteiger partial charge in [0.05, 0.1) is 17.7 Å². The Morgan fingerprint density at radius 3 is 1.92 bits per heavy atom. The quantitative estimate of drug-likeness (QED) is 0.791. The van der Waals surface area contributed by atoms with Crippen molar-refractivity contribution in [2.75, 3.05) is 0 Å². The lowest BCUT2D eigenvalue weighted by Gasteiger charge is -2.32. The third-order valence-electron chi connectivity index (χ3n) is 3.79. The predicted molar refractivity (Wildman–Crippen MR) is 95.2 cm³/mol. The summed E-state index contributed by atoms with van der Waals surface area (Å²) < 4.78 is 5.42. The van der Waals surface area contributed by atoms with E-state index in [0.717, 1.165) is 15.6 Å². The van der Waals surface area contributed by atoms with Gasteiger partial charge in [0, 0.05) is 0 Å². The lowest BCUT2D eigenvalue weighted by Crippen LogP contribution is -2.50. The Balaban J connectivity index is 1.97. The van der Waals surface area contributed by atoms with Crippen LogP contribution in [0.2, 0.25) is 0 Å². The van der Waals surface area contributed by atoms with Crippen LogP contribution in [0.5, 0.6) is 0 Å². The monoisotopic (exact) mass is 352 g/mol. The number of hydrazine groups is 1. The van der Waals surface area contributed by atoms with E-state index >= 15 is 0 Å². The summed E-state index contributed by atoms with van der Waals surface area (Å²) in [4.78, 5) is 38.3. The van der Waals surface area contributed by atoms with Gasteiger partial charge in [-0.3, -0.25) is 9.59 Å². The molecule has 0 aliphatic carbocycles. The molecule has 0 saturated heterocycles. The first kappa shape index (κ1) is 17.7. The SMILES string of the molecule is CC(C)(C)OC(=O)N(Cc1ccccc1)N1C(=O)c2ccccc2C1=O. The van der Waals surface area contributed by atoms with Gasteiger partial charge in [0.15, 0.2) is 0 Å². The number of amides is 3. The van der Waals surface area contributed by atoms with E-state index in [1.54, 1.807) is 45.0 Å². The summed E-state index contributed by atoms with van der Waals surface area (Å²) >= 11 is 0. The predicted octanol–water partition coefficient (Wildman–Crippen LogP) is 3.63. The van der Waals surface area contributed by atoms with E-state index in [1.165, 1.54) is 0 Å². The average molecular weight is 352 g/mol. The number of imide groups is 1. The molecule has 6 heteroatoms. The maximum Gasteiger partial charge on any atom is 0.430 e. The van der Waals surface area contributed by atoms with Crippen LogP contribution in [-0.2, 0) is 11.3 Å². The molecule has 0 saturated carbocycles. The van der Waals surface area contributed by atoms with Crippen molar-refractivity contribution in [2.24, 2.45) is 0 Å². The van der Waals surface area contributed by atoms with E-state index in [9.17, 15) is 14.4 Å². The van der Waals surface area contributed by atoms with E-state index < -0.39 is 23.5 Å². The van der Waals surface area contributed by atoms with Crippen LogP contribution in [0.15, 0.2) is 54.6 Å². The molecule has 2 aromatic rings. The highest BCUT2D eigenvalue weighted by Gasteiger charge is 2.42. The van der Waals surface area contributed by atoms with E-state index in [0.29, 0.717) is 0 Å². The summed E-state index contributed by atoms with van der Waals surface area (Å²) in [5.41, 5.74) is 0.568. The van der Waals surface area contributed by atoms with Crippen molar-refractivity contribution in [3.05, 3.63) is 71.3 Å². The van der Waals surface area contributed by atoms with E-state index in [-0.39, 0.29) is 17.7 Å². The molecule has 26 heavy (non-hydrogen) atoms. The molecule has 1 aliphatic rings. The van der Waals surface area contributed by atoms with Gasteiger partial charge < -0.3 is 4.74 Å². The van der Waals surface area contributed by atoms with Gasteiger partial charge in [-0.05, 0) is 38.5 Å². The van der Waals surface area contributed by atoms with E-state index in [2.05, 4.69) is 0 Å². The minimum Gasteiger partial charge on any atom is -0.442 e. The third-order valence-corrected chi connectivity index (χ3v) is 3.79. The maximum atomic E-state index is 12.8. The van der Waals surface area contributed by atoms with E-state index in [4.69, 9.17) is 4.74 Å². The van der Waals surface area contributed by atoms with Crippen LogP contribution in [0.3, 0.4) is 0 Å². The molecule has 0 atom stereocenters. The first-order valence-electron chi connectivity index (χ1n) is 8.30. The van der Waals surface area contributed by atoms with Gasteiger partial charge in [0.1, 0.15) is 5.60 Å². The molecule has 3 rings (SSSR count). The molecule has 2 aromatic carbocycles. The Hall–Kier alpha value is -3.15. The summed E-state index contributed by atoms with van der Waals surface area (Å²) in [6, 6.07) is 15.6. The molecular formula is C20H20N2O4. The maximum absolute atomic E-state index is 12.8. The van der Waals surface area contributed by atoms with Crippen molar-refractivity contribution in [1.82, 2.24) is 10.0 Å². The molecular weight excluding hydrogens is 332 g/mol. The van der Waals surface area contributed by atoms with Gasteiger partial charge in [-0.25, -0.2) is 9.80 Å². The molecule has 134 valence electrons. The number of hydrogen-bond donors (Lipinski definition) is 0. The van der Waals surface area contributed by atoms with Crippen molar-refractivity contribution >= 4 is 17.9 Å². The summed E-state index contributed by atoms with van der Waals surface area (Å²) in [7, 11) is 0. The van der Waals surface area contributed by atoms with Gasteiger partial charge in [-0.2, -0.15) is 5.01 Å². The molecule has 6 nitrogen and oxygen atoms in total. The molecule has 0 bridgehead atoms. The lowest BCUT2D eigenvalue weighted by atomic mass is 10.1. The number of benzene rings is 2. The second kappa shape index (κ2) is 6.63. The molecule has 0 spiro atoms. The molecule has 0 unspecified atom stereocenters. The molecule has 3 amide bonds. The zero-order chi connectivity index (χ0) is 18.9. The fraction of sp³-hybridized carbons (Fsp3) is 0.250. The molecule has 0 aromatic heterocycles. The van der Waals surface area contributed by atoms with Crippen LogP contribution >= 0.6 is 0 Å². The third kappa shape index (κ3) is 3.44. The molecule has 0 fully saturated rings. The second-order valence-electron chi connectivity index (χ2n) is 6.99. The van der Waals surface area contributed by atoms with Crippen molar-refractivity contribution in [3.8, 4) is 0 Å². The Labute approximate surface area is 151 Å². The van der Waals surface area contributed by atoms with Gasteiger partial charge in [-0.15, -0.1) is 0 Å². The van der Waals surface area contributed by atoms with Gasteiger partial charge in [0.25, 0.3) is 11.8 Å². The van der Waals surface area contributed by atoms with Crippen molar-refractivity contribution in [1.29, 1.82) is 0 Å². The highest BCUT2D eigenvalue weighted by atomic mass is 16.6. The average Bonchev–Trinajstić information content (AvgIpc) is 2.84. The highest BCUT2D eigenvalue weighted by molar-refractivity contribution is 6.21. The fourth-order valence-electron chi connectivity index (χ4n) is 2.68. The number of rotatable bonds is 3. The zero-order valence-corrected chi connectivity index (χ0v) is 14.9.